The lowest BCUT2D eigenvalue weighted by molar-refractivity contribution is 0.489. The Labute approximate surface area is 372 Å². The first-order valence-corrected chi connectivity index (χ1v) is 22.1. The van der Waals surface area contributed by atoms with E-state index in [9.17, 15) is 0 Å². The fraction of sp³-hybridized carbons (Fsp3) is 0.0492. The Kier molecular flexibility index (Phi) is 7.95. The van der Waals surface area contributed by atoms with Crippen molar-refractivity contribution in [1.29, 1.82) is 0 Å². The Balaban J connectivity index is 1.01. The average Bonchev–Trinajstić information content (AvgIpc) is 3.79. The van der Waals surface area contributed by atoms with Crippen LogP contribution in [-0.4, -0.2) is 0 Å². The van der Waals surface area contributed by atoms with Crippen molar-refractivity contribution in [2.24, 2.45) is 0 Å². The van der Waals surface area contributed by atoms with Gasteiger partial charge >= 0.3 is 0 Å². The molecule has 0 saturated carbocycles. The summed E-state index contributed by atoms with van der Waals surface area (Å²) >= 11 is 0. The Morgan fingerprint density at radius 1 is 0.375 bits per heavy atom. The molecule has 0 bridgehead atoms. The molecule has 0 spiro atoms. The zero-order valence-electron chi connectivity index (χ0n) is 35.5. The molecule has 11 aromatic rings. The molecular weight excluding hydrogens is 779 g/mol. The van der Waals surface area contributed by atoms with Crippen LogP contribution in [0.15, 0.2) is 217 Å². The van der Waals surface area contributed by atoms with E-state index >= 15 is 0 Å². The van der Waals surface area contributed by atoms with E-state index in [-0.39, 0.29) is 5.41 Å². The normalized spacial score (nSPS) is 13.1. The largest absolute Gasteiger partial charge is 0.455 e. The van der Waals surface area contributed by atoms with E-state index in [0.29, 0.717) is 0 Å². The summed E-state index contributed by atoms with van der Waals surface area (Å²) in [4.78, 5) is 2.40. The van der Waals surface area contributed by atoms with Gasteiger partial charge in [-0.3, -0.25) is 0 Å². The molecule has 1 aromatic heterocycles. The minimum Gasteiger partial charge on any atom is -0.455 e. The molecule has 1 aliphatic carbocycles. The molecule has 302 valence electrons. The van der Waals surface area contributed by atoms with E-state index < -0.39 is 0 Å². The number of rotatable bonds is 5. The van der Waals surface area contributed by atoms with Gasteiger partial charge < -0.3 is 14.1 Å². The van der Waals surface area contributed by atoms with Gasteiger partial charge in [0.15, 0.2) is 0 Å². The number of ether oxygens (including phenoxy) is 1. The molecule has 10 aromatic carbocycles. The van der Waals surface area contributed by atoms with Gasteiger partial charge in [-0.2, -0.15) is 0 Å². The van der Waals surface area contributed by atoms with Crippen molar-refractivity contribution in [1.82, 2.24) is 0 Å². The van der Waals surface area contributed by atoms with E-state index in [2.05, 4.69) is 219 Å². The van der Waals surface area contributed by atoms with Crippen LogP contribution in [0, 0.1) is 0 Å². The first kappa shape index (κ1) is 36.5. The third-order valence-electron chi connectivity index (χ3n) is 13.7. The molecule has 3 heteroatoms. The number of hydrogen-bond acceptors (Lipinski definition) is 3. The van der Waals surface area contributed by atoms with Gasteiger partial charge in [0, 0.05) is 55.5 Å². The molecular formula is C61H41NO2. The van der Waals surface area contributed by atoms with Crippen molar-refractivity contribution in [2.75, 3.05) is 4.90 Å². The van der Waals surface area contributed by atoms with Gasteiger partial charge in [-0.15, -0.1) is 0 Å². The maximum atomic E-state index is 7.16. The molecule has 0 unspecified atom stereocenters. The fourth-order valence-corrected chi connectivity index (χ4v) is 10.5. The predicted octanol–water partition coefficient (Wildman–Crippen LogP) is 17.3. The van der Waals surface area contributed by atoms with Gasteiger partial charge in [-0.25, -0.2) is 0 Å². The Hall–Kier alpha value is -8.14. The standard InChI is InChI=1S/C61H41NO2/c1-61(2)55-24-10-8-18-47(55)48-32-30-44(37-56(48)61)62(42-28-26-39(27-29-42)46-21-12-22-50-49-19-9-11-25-57(49)63-59(46)50)43-31-33-58-54(36-43)53-35-41-17-7-6-16-40(41)34-52(53)51-23-13-20-45(60(51)64-58)38-14-4-3-5-15-38/h3-37H,1-2H3. The maximum Gasteiger partial charge on any atom is 0.143 e. The van der Waals surface area contributed by atoms with Gasteiger partial charge in [0.25, 0.3) is 0 Å². The second kappa shape index (κ2) is 13.9. The zero-order valence-corrected chi connectivity index (χ0v) is 35.5. The molecule has 2 heterocycles. The molecule has 0 N–H and O–H groups in total. The van der Waals surface area contributed by atoms with Gasteiger partial charge in [-0.05, 0) is 116 Å². The molecule has 0 atom stereocenters. The predicted molar refractivity (Wildman–Crippen MR) is 265 cm³/mol. The van der Waals surface area contributed by atoms with Crippen LogP contribution in [0.25, 0.3) is 88.3 Å². The van der Waals surface area contributed by atoms with Crippen LogP contribution in [0.3, 0.4) is 0 Å². The van der Waals surface area contributed by atoms with E-state index in [1.807, 2.05) is 12.1 Å². The Morgan fingerprint density at radius 2 is 0.969 bits per heavy atom. The van der Waals surface area contributed by atoms with Crippen molar-refractivity contribution >= 4 is 49.8 Å². The Morgan fingerprint density at radius 3 is 1.81 bits per heavy atom. The zero-order chi connectivity index (χ0) is 42.5. The van der Waals surface area contributed by atoms with Crippen LogP contribution in [0.4, 0.5) is 17.1 Å². The highest BCUT2D eigenvalue weighted by molar-refractivity contribution is 6.09. The van der Waals surface area contributed by atoms with Crippen molar-refractivity contribution in [3.63, 3.8) is 0 Å². The highest BCUT2D eigenvalue weighted by atomic mass is 16.5. The van der Waals surface area contributed by atoms with E-state index in [0.717, 1.165) is 95.0 Å². The van der Waals surface area contributed by atoms with Gasteiger partial charge in [0.05, 0.1) is 0 Å². The lowest BCUT2D eigenvalue weighted by atomic mass is 9.82. The smallest absolute Gasteiger partial charge is 0.143 e. The average molecular weight is 820 g/mol. The minimum atomic E-state index is -0.160. The van der Waals surface area contributed by atoms with Gasteiger partial charge in [-0.1, -0.05) is 166 Å². The number of para-hydroxylation sites is 3. The SMILES string of the molecule is CC1(C)c2ccccc2-c2ccc(N(c3ccc(-c4cccc5c4oc4ccccc45)cc3)c3ccc4c(c3)-c3cc5ccccc5cc3-c3cccc(-c5ccccc5)c3O4)cc21. The quantitative estimate of drug-likeness (QED) is 0.173. The molecule has 64 heavy (non-hydrogen) atoms. The van der Waals surface area contributed by atoms with Gasteiger partial charge in [0.2, 0.25) is 0 Å². The molecule has 13 rings (SSSR count). The summed E-state index contributed by atoms with van der Waals surface area (Å²) in [5, 5.41) is 4.63. The number of hydrogen-bond donors (Lipinski definition) is 0. The van der Waals surface area contributed by atoms with E-state index in [1.54, 1.807) is 0 Å². The van der Waals surface area contributed by atoms with Crippen LogP contribution in [0.5, 0.6) is 11.5 Å². The van der Waals surface area contributed by atoms with Crippen LogP contribution < -0.4 is 9.64 Å². The monoisotopic (exact) mass is 819 g/mol. The van der Waals surface area contributed by atoms with Crippen LogP contribution in [-0.2, 0) is 5.41 Å². The molecule has 0 saturated heterocycles. The lowest BCUT2D eigenvalue weighted by Crippen LogP contribution is -2.16. The lowest BCUT2D eigenvalue weighted by Gasteiger charge is -2.29. The molecule has 1 aliphatic heterocycles. The fourth-order valence-electron chi connectivity index (χ4n) is 10.5. The number of benzene rings is 10. The third kappa shape index (κ3) is 5.54. The van der Waals surface area contributed by atoms with Crippen molar-refractivity contribution < 1.29 is 9.15 Å². The third-order valence-corrected chi connectivity index (χ3v) is 13.7. The molecule has 0 radical (unpaired) electrons. The number of anilines is 3. The molecule has 0 amide bonds. The summed E-state index contributed by atoms with van der Waals surface area (Å²) in [6.07, 6.45) is 0. The first-order valence-electron chi connectivity index (χ1n) is 22.1. The molecule has 0 fully saturated rings. The van der Waals surface area contributed by atoms with Crippen molar-refractivity contribution in [3.8, 4) is 67.1 Å². The van der Waals surface area contributed by atoms with Crippen LogP contribution in [0.2, 0.25) is 0 Å². The maximum absolute atomic E-state index is 7.16. The summed E-state index contributed by atoms with van der Waals surface area (Å²) in [7, 11) is 0. The van der Waals surface area contributed by atoms with E-state index in [1.165, 1.54) is 33.0 Å². The van der Waals surface area contributed by atoms with E-state index in [4.69, 9.17) is 9.15 Å². The van der Waals surface area contributed by atoms with Crippen LogP contribution in [0.1, 0.15) is 25.0 Å². The Bertz CT molecular complexity index is 3670. The molecule has 2 aliphatic rings. The summed E-state index contributed by atoms with van der Waals surface area (Å²) in [6.45, 7) is 4.70. The highest BCUT2D eigenvalue weighted by Gasteiger charge is 2.36. The number of fused-ring (bicyclic) bond motifs is 12. The van der Waals surface area contributed by atoms with Crippen molar-refractivity contribution in [3.05, 3.63) is 223 Å². The van der Waals surface area contributed by atoms with Crippen molar-refractivity contribution in [2.45, 2.75) is 19.3 Å². The summed E-state index contributed by atoms with van der Waals surface area (Å²) in [5.74, 6) is 1.69. The summed E-state index contributed by atoms with van der Waals surface area (Å²) in [5.41, 5.74) is 18.9. The topological polar surface area (TPSA) is 25.6 Å². The number of furan rings is 1. The summed E-state index contributed by atoms with van der Waals surface area (Å²) in [6, 6.07) is 76.6. The second-order valence-electron chi connectivity index (χ2n) is 17.6. The van der Waals surface area contributed by atoms with Gasteiger partial charge in [0.1, 0.15) is 22.7 Å². The molecule has 3 nitrogen and oxygen atoms in total. The van der Waals surface area contributed by atoms with Crippen LogP contribution >= 0.6 is 0 Å². The minimum absolute atomic E-state index is 0.160. The number of nitrogens with zero attached hydrogens (tertiary/aromatic N) is 1. The summed E-state index contributed by atoms with van der Waals surface area (Å²) < 4.78 is 13.7. The second-order valence-corrected chi connectivity index (χ2v) is 17.6. The highest BCUT2D eigenvalue weighted by Crippen LogP contribution is 2.54. The first-order chi connectivity index (χ1) is 31.5.